The van der Waals surface area contributed by atoms with E-state index >= 15 is 0 Å². The summed E-state index contributed by atoms with van der Waals surface area (Å²) in [6, 6.07) is -0.610. The van der Waals surface area contributed by atoms with E-state index in [1.165, 1.54) is 18.7 Å². The summed E-state index contributed by atoms with van der Waals surface area (Å²) in [4.78, 5) is 25.5. The predicted octanol–water partition coefficient (Wildman–Crippen LogP) is 1.04. The van der Waals surface area contributed by atoms with E-state index in [2.05, 4.69) is 10.1 Å². The zero-order chi connectivity index (χ0) is 15.1. The van der Waals surface area contributed by atoms with E-state index in [1.54, 1.807) is 0 Å². The molecule has 5 nitrogen and oxygen atoms in total. The average molecular weight is 294 g/mol. The van der Waals surface area contributed by atoms with E-state index in [9.17, 15) is 22.8 Å². The van der Waals surface area contributed by atoms with Crippen LogP contribution in [0.5, 0.6) is 0 Å². The molecule has 1 unspecified atom stereocenters. The standard InChI is InChI=1S/C12H17F3N2O3/c1-11(2)10(19)16-8(7-3-4-7)9(18)17(11)5-6-20-12(13,14)15/h7-8H,3-6H2,1-2H3,(H,16,19). The lowest BCUT2D eigenvalue weighted by atomic mass is 9.94. The molecule has 1 aliphatic heterocycles. The maximum Gasteiger partial charge on any atom is 0.522 e. The number of carbonyl (C=O) groups is 2. The van der Waals surface area contributed by atoms with Crippen LogP contribution in [0.15, 0.2) is 0 Å². The van der Waals surface area contributed by atoms with Crippen LogP contribution in [-0.4, -0.2) is 47.8 Å². The zero-order valence-electron chi connectivity index (χ0n) is 11.3. The monoisotopic (exact) mass is 294 g/mol. The molecular formula is C12H17F3N2O3. The largest absolute Gasteiger partial charge is 0.522 e. The van der Waals surface area contributed by atoms with Gasteiger partial charge in [0.2, 0.25) is 11.8 Å². The Bertz CT molecular complexity index is 419. The fraction of sp³-hybridized carbons (Fsp3) is 0.833. The van der Waals surface area contributed by atoms with Crippen LogP contribution in [0.25, 0.3) is 0 Å². The Morgan fingerprint density at radius 2 is 1.95 bits per heavy atom. The molecule has 1 saturated carbocycles. The first-order chi connectivity index (χ1) is 9.13. The first-order valence-corrected chi connectivity index (χ1v) is 6.46. The second-order valence-corrected chi connectivity index (χ2v) is 5.63. The minimum atomic E-state index is -4.73. The number of nitrogens with zero attached hydrogens (tertiary/aromatic N) is 1. The van der Waals surface area contributed by atoms with Crippen molar-refractivity contribution in [3.63, 3.8) is 0 Å². The number of hydrogen-bond donors (Lipinski definition) is 1. The smallest absolute Gasteiger partial charge is 0.342 e. The first-order valence-electron chi connectivity index (χ1n) is 6.46. The Kier molecular flexibility index (Phi) is 3.70. The van der Waals surface area contributed by atoms with E-state index in [0.717, 1.165) is 12.8 Å². The number of alkyl halides is 3. The molecule has 0 aromatic rings. The minimum Gasteiger partial charge on any atom is -0.342 e. The third-order valence-corrected chi connectivity index (χ3v) is 3.72. The number of piperazine rings is 1. The van der Waals surface area contributed by atoms with Crippen LogP contribution in [0.3, 0.4) is 0 Å². The van der Waals surface area contributed by atoms with Crippen molar-refractivity contribution in [3.8, 4) is 0 Å². The van der Waals surface area contributed by atoms with Crippen molar-refractivity contribution < 1.29 is 27.5 Å². The summed E-state index contributed by atoms with van der Waals surface area (Å²) in [5, 5.41) is 2.66. The maximum atomic E-state index is 12.3. The van der Waals surface area contributed by atoms with Gasteiger partial charge in [-0.2, -0.15) is 0 Å². The van der Waals surface area contributed by atoms with E-state index in [0.29, 0.717) is 0 Å². The molecule has 0 aromatic carbocycles. The Morgan fingerprint density at radius 1 is 1.35 bits per heavy atom. The Morgan fingerprint density at radius 3 is 2.45 bits per heavy atom. The molecule has 114 valence electrons. The van der Waals surface area contributed by atoms with Crippen molar-refractivity contribution in [3.05, 3.63) is 0 Å². The molecule has 0 radical (unpaired) electrons. The lowest BCUT2D eigenvalue weighted by Crippen LogP contribution is -2.69. The topological polar surface area (TPSA) is 58.6 Å². The number of nitrogens with one attached hydrogen (secondary N) is 1. The highest BCUT2D eigenvalue weighted by molar-refractivity contribution is 5.99. The van der Waals surface area contributed by atoms with Gasteiger partial charge in [0.05, 0.1) is 6.61 Å². The fourth-order valence-electron chi connectivity index (χ4n) is 2.34. The van der Waals surface area contributed by atoms with Gasteiger partial charge in [0.15, 0.2) is 0 Å². The quantitative estimate of drug-likeness (QED) is 0.843. The van der Waals surface area contributed by atoms with Crippen LogP contribution < -0.4 is 5.32 Å². The highest BCUT2D eigenvalue weighted by Crippen LogP contribution is 2.36. The molecule has 1 atom stereocenters. The SMILES string of the molecule is CC1(C)C(=O)NC(C2CC2)C(=O)N1CCOC(F)(F)F. The first kappa shape index (κ1) is 15.1. The van der Waals surface area contributed by atoms with E-state index in [-0.39, 0.29) is 24.3 Å². The van der Waals surface area contributed by atoms with Crippen LogP contribution in [0.2, 0.25) is 0 Å². The molecule has 1 heterocycles. The van der Waals surface area contributed by atoms with Crippen molar-refractivity contribution >= 4 is 11.8 Å². The fourth-order valence-corrected chi connectivity index (χ4v) is 2.34. The average Bonchev–Trinajstić information content (AvgIpc) is 3.11. The zero-order valence-corrected chi connectivity index (χ0v) is 11.3. The molecule has 8 heteroatoms. The van der Waals surface area contributed by atoms with Crippen molar-refractivity contribution in [1.29, 1.82) is 0 Å². The van der Waals surface area contributed by atoms with Crippen LogP contribution in [0, 0.1) is 5.92 Å². The summed E-state index contributed by atoms with van der Waals surface area (Å²) >= 11 is 0. The number of ether oxygens (including phenoxy) is 1. The number of carbonyl (C=O) groups excluding carboxylic acids is 2. The minimum absolute atomic E-state index is 0.105. The molecule has 0 bridgehead atoms. The Labute approximate surface area is 114 Å². The summed E-state index contributed by atoms with van der Waals surface area (Å²) in [5.74, 6) is -0.572. The van der Waals surface area contributed by atoms with Crippen molar-refractivity contribution in [2.24, 2.45) is 5.92 Å². The highest BCUT2D eigenvalue weighted by Gasteiger charge is 2.50. The third-order valence-electron chi connectivity index (χ3n) is 3.72. The van der Waals surface area contributed by atoms with E-state index < -0.39 is 24.6 Å². The lowest BCUT2D eigenvalue weighted by molar-refractivity contribution is -0.325. The number of amides is 2. The van der Waals surface area contributed by atoms with Gasteiger partial charge in [-0.15, -0.1) is 13.2 Å². The molecule has 0 aromatic heterocycles. The molecule has 2 fully saturated rings. The summed E-state index contributed by atoms with van der Waals surface area (Å²) in [6.07, 6.45) is -3.03. The number of halogens is 3. The van der Waals surface area contributed by atoms with Gasteiger partial charge in [-0.3, -0.25) is 14.3 Å². The molecule has 2 aliphatic rings. The van der Waals surface area contributed by atoms with Gasteiger partial charge in [-0.25, -0.2) is 0 Å². The van der Waals surface area contributed by atoms with Crippen LogP contribution in [0.1, 0.15) is 26.7 Å². The van der Waals surface area contributed by atoms with Gasteiger partial charge in [-0.05, 0) is 32.6 Å². The number of rotatable bonds is 4. The van der Waals surface area contributed by atoms with Crippen molar-refractivity contribution in [1.82, 2.24) is 10.2 Å². The second kappa shape index (κ2) is 4.91. The Balaban J connectivity index is 2.05. The summed E-state index contributed by atoms with van der Waals surface area (Å²) in [6.45, 7) is 2.08. The van der Waals surface area contributed by atoms with E-state index in [4.69, 9.17) is 0 Å². The van der Waals surface area contributed by atoms with Crippen LogP contribution in [-0.2, 0) is 14.3 Å². The molecular weight excluding hydrogens is 277 g/mol. The Hall–Kier alpha value is -1.31. The summed E-state index contributed by atoms with van der Waals surface area (Å²) in [5.41, 5.74) is -1.17. The van der Waals surface area contributed by atoms with Gasteiger partial charge in [-0.1, -0.05) is 0 Å². The van der Waals surface area contributed by atoms with Gasteiger partial charge in [0, 0.05) is 6.54 Å². The van der Waals surface area contributed by atoms with Gasteiger partial charge in [0.1, 0.15) is 11.6 Å². The molecule has 1 aliphatic carbocycles. The normalized spacial score (nSPS) is 26.6. The summed E-state index contributed by atoms with van der Waals surface area (Å²) in [7, 11) is 0. The molecule has 1 saturated heterocycles. The van der Waals surface area contributed by atoms with Crippen molar-refractivity contribution in [2.75, 3.05) is 13.2 Å². The molecule has 2 amide bonds. The maximum absolute atomic E-state index is 12.3. The van der Waals surface area contributed by atoms with Gasteiger partial charge < -0.3 is 10.2 Å². The molecule has 1 N–H and O–H groups in total. The third kappa shape index (κ3) is 3.05. The predicted molar refractivity (Wildman–Crippen MR) is 62.5 cm³/mol. The van der Waals surface area contributed by atoms with E-state index in [1.807, 2.05) is 0 Å². The molecule has 0 spiro atoms. The molecule has 2 rings (SSSR count). The van der Waals surface area contributed by atoms with Crippen LogP contribution in [0.4, 0.5) is 13.2 Å². The second-order valence-electron chi connectivity index (χ2n) is 5.63. The van der Waals surface area contributed by atoms with Crippen molar-refractivity contribution in [2.45, 2.75) is 44.6 Å². The molecule has 20 heavy (non-hydrogen) atoms. The number of hydrogen-bond acceptors (Lipinski definition) is 3. The van der Waals surface area contributed by atoms with Gasteiger partial charge in [0.25, 0.3) is 0 Å². The van der Waals surface area contributed by atoms with Gasteiger partial charge >= 0.3 is 6.36 Å². The summed E-state index contributed by atoms with van der Waals surface area (Å²) < 4.78 is 39.7. The van der Waals surface area contributed by atoms with Crippen LogP contribution >= 0.6 is 0 Å². The highest BCUT2D eigenvalue weighted by atomic mass is 19.4. The lowest BCUT2D eigenvalue weighted by Gasteiger charge is -2.44.